The molecule has 0 aliphatic heterocycles. The SMILES string of the molecule is CCNC(CC1CC2CCC1C2)C1CCC(C(C)C)CC1. The highest BCUT2D eigenvalue weighted by atomic mass is 14.9. The normalized spacial score (nSPS) is 40.9. The van der Waals surface area contributed by atoms with Crippen molar-refractivity contribution in [1.82, 2.24) is 5.32 Å². The van der Waals surface area contributed by atoms with Gasteiger partial charge in [-0.1, -0.05) is 27.2 Å². The second kappa shape index (κ2) is 7.02. The molecule has 2 bridgehead atoms. The van der Waals surface area contributed by atoms with E-state index in [4.69, 9.17) is 0 Å². The summed E-state index contributed by atoms with van der Waals surface area (Å²) in [5.41, 5.74) is 0. The van der Waals surface area contributed by atoms with Gasteiger partial charge in [0.1, 0.15) is 0 Å². The van der Waals surface area contributed by atoms with Gasteiger partial charge in [0.25, 0.3) is 0 Å². The van der Waals surface area contributed by atoms with Crippen LogP contribution in [0.3, 0.4) is 0 Å². The topological polar surface area (TPSA) is 12.0 Å². The molecule has 1 nitrogen and oxygen atoms in total. The number of nitrogens with one attached hydrogen (secondary N) is 1. The Labute approximate surface area is 132 Å². The molecular weight excluding hydrogens is 254 g/mol. The van der Waals surface area contributed by atoms with Crippen molar-refractivity contribution in [2.24, 2.45) is 35.5 Å². The lowest BCUT2D eigenvalue weighted by Crippen LogP contribution is -2.40. The predicted octanol–water partition coefficient (Wildman–Crippen LogP) is 5.25. The molecule has 0 radical (unpaired) electrons. The Morgan fingerprint density at radius 2 is 1.62 bits per heavy atom. The molecule has 0 aromatic carbocycles. The third kappa shape index (κ3) is 3.66. The first-order valence-electron chi connectivity index (χ1n) is 9.90. The molecule has 0 saturated heterocycles. The van der Waals surface area contributed by atoms with E-state index in [2.05, 4.69) is 26.1 Å². The van der Waals surface area contributed by atoms with Crippen LogP contribution >= 0.6 is 0 Å². The molecule has 0 spiro atoms. The minimum Gasteiger partial charge on any atom is -0.314 e. The van der Waals surface area contributed by atoms with Crippen molar-refractivity contribution in [3.63, 3.8) is 0 Å². The Bertz CT molecular complexity index is 316. The zero-order valence-electron chi connectivity index (χ0n) is 14.6. The van der Waals surface area contributed by atoms with Crippen LogP contribution in [0.25, 0.3) is 0 Å². The zero-order valence-corrected chi connectivity index (χ0v) is 14.6. The van der Waals surface area contributed by atoms with Crippen molar-refractivity contribution in [3.05, 3.63) is 0 Å². The van der Waals surface area contributed by atoms with E-state index in [1.165, 1.54) is 32.1 Å². The van der Waals surface area contributed by atoms with Crippen LogP contribution in [0.1, 0.15) is 78.6 Å². The first-order chi connectivity index (χ1) is 10.2. The van der Waals surface area contributed by atoms with Crippen molar-refractivity contribution in [2.45, 2.75) is 84.6 Å². The molecular formula is C20H37N. The van der Waals surface area contributed by atoms with E-state index in [0.29, 0.717) is 0 Å². The van der Waals surface area contributed by atoms with Gasteiger partial charge in [0.05, 0.1) is 0 Å². The molecule has 0 heterocycles. The van der Waals surface area contributed by atoms with Crippen LogP contribution in [0.4, 0.5) is 0 Å². The van der Waals surface area contributed by atoms with Gasteiger partial charge in [-0.05, 0) is 93.4 Å². The molecule has 4 unspecified atom stereocenters. The molecule has 1 heteroatoms. The number of hydrogen-bond acceptors (Lipinski definition) is 1. The predicted molar refractivity (Wildman–Crippen MR) is 91.3 cm³/mol. The number of rotatable bonds is 6. The van der Waals surface area contributed by atoms with Gasteiger partial charge >= 0.3 is 0 Å². The van der Waals surface area contributed by atoms with Gasteiger partial charge in [0.2, 0.25) is 0 Å². The average Bonchev–Trinajstić information content (AvgIpc) is 3.09. The fourth-order valence-corrected chi connectivity index (χ4v) is 5.91. The lowest BCUT2D eigenvalue weighted by molar-refractivity contribution is 0.162. The fraction of sp³-hybridized carbons (Fsp3) is 1.00. The van der Waals surface area contributed by atoms with Crippen molar-refractivity contribution in [2.75, 3.05) is 6.54 Å². The van der Waals surface area contributed by atoms with Crippen LogP contribution in [0.5, 0.6) is 0 Å². The van der Waals surface area contributed by atoms with Gasteiger partial charge in [-0.15, -0.1) is 0 Å². The van der Waals surface area contributed by atoms with E-state index in [9.17, 15) is 0 Å². The molecule has 21 heavy (non-hydrogen) atoms. The van der Waals surface area contributed by atoms with Crippen molar-refractivity contribution in [3.8, 4) is 0 Å². The summed E-state index contributed by atoms with van der Waals surface area (Å²) in [6.07, 6.45) is 13.7. The monoisotopic (exact) mass is 291 g/mol. The van der Waals surface area contributed by atoms with Crippen LogP contribution in [0.15, 0.2) is 0 Å². The third-order valence-corrected chi connectivity index (χ3v) is 7.24. The van der Waals surface area contributed by atoms with Crippen molar-refractivity contribution in [1.29, 1.82) is 0 Å². The first-order valence-corrected chi connectivity index (χ1v) is 9.90. The Kier molecular flexibility index (Phi) is 5.30. The maximum Gasteiger partial charge on any atom is 0.00979 e. The minimum absolute atomic E-state index is 0.826. The first kappa shape index (κ1) is 15.8. The Morgan fingerprint density at radius 3 is 2.14 bits per heavy atom. The maximum absolute atomic E-state index is 3.88. The minimum atomic E-state index is 0.826. The Morgan fingerprint density at radius 1 is 0.905 bits per heavy atom. The van der Waals surface area contributed by atoms with Gasteiger partial charge in [-0.2, -0.15) is 0 Å². The van der Waals surface area contributed by atoms with Crippen LogP contribution in [0, 0.1) is 35.5 Å². The van der Waals surface area contributed by atoms with Crippen molar-refractivity contribution >= 4 is 0 Å². The van der Waals surface area contributed by atoms with Crippen LogP contribution in [-0.2, 0) is 0 Å². The molecule has 3 aliphatic rings. The molecule has 3 saturated carbocycles. The second-order valence-electron chi connectivity index (χ2n) is 8.75. The molecule has 4 atom stereocenters. The smallest absolute Gasteiger partial charge is 0.00979 e. The molecule has 3 fully saturated rings. The van der Waals surface area contributed by atoms with E-state index < -0.39 is 0 Å². The third-order valence-electron chi connectivity index (χ3n) is 7.24. The highest BCUT2D eigenvalue weighted by Gasteiger charge is 2.41. The molecule has 3 aliphatic carbocycles. The Balaban J connectivity index is 1.52. The summed E-state index contributed by atoms with van der Waals surface area (Å²) in [7, 11) is 0. The highest BCUT2D eigenvalue weighted by molar-refractivity contribution is 4.93. The fourth-order valence-electron chi connectivity index (χ4n) is 5.91. The van der Waals surface area contributed by atoms with E-state index in [1.807, 2.05) is 0 Å². The molecule has 1 N–H and O–H groups in total. The summed E-state index contributed by atoms with van der Waals surface area (Å²) in [4.78, 5) is 0. The molecule has 0 aromatic rings. The lowest BCUT2D eigenvalue weighted by Gasteiger charge is -2.38. The summed E-state index contributed by atoms with van der Waals surface area (Å²) in [5.74, 6) is 6.15. The summed E-state index contributed by atoms with van der Waals surface area (Å²) >= 11 is 0. The summed E-state index contributed by atoms with van der Waals surface area (Å²) in [5, 5.41) is 3.88. The highest BCUT2D eigenvalue weighted by Crippen LogP contribution is 2.50. The number of hydrogen-bond donors (Lipinski definition) is 1. The van der Waals surface area contributed by atoms with Gasteiger partial charge < -0.3 is 5.32 Å². The van der Waals surface area contributed by atoms with E-state index in [-0.39, 0.29) is 0 Å². The number of fused-ring (bicyclic) bond motifs is 2. The van der Waals surface area contributed by atoms with Crippen LogP contribution < -0.4 is 5.32 Å². The van der Waals surface area contributed by atoms with Crippen LogP contribution in [0.2, 0.25) is 0 Å². The quantitative estimate of drug-likeness (QED) is 0.704. The van der Waals surface area contributed by atoms with Gasteiger partial charge in [0.15, 0.2) is 0 Å². The summed E-state index contributed by atoms with van der Waals surface area (Å²) in [6.45, 7) is 8.30. The van der Waals surface area contributed by atoms with E-state index >= 15 is 0 Å². The maximum atomic E-state index is 3.88. The standard InChI is InChI=1S/C20H37N/c1-4-21-20(13-19-12-15-5-6-18(19)11-15)17-9-7-16(8-10-17)14(2)3/h14-21H,4-13H2,1-3H3. The van der Waals surface area contributed by atoms with Crippen LogP contribution in [-0.4, -0.2) is 12.6 Å². The Hall–Kier alpha value is -0.0400. The molecule has 0 amide bonds. The molecule has 0 aromatic heterocycles. The zero-order chi connectivity index (χ0) is 14.8. The second-order valence-corrected chi connectivity index (χ2v) is 8.75. The largest absolute Gasteiger partial charge is 0.314 e. The average molecular weight is 292 g/mol. The van der Waals surface area contributed by atoms with Gasteiger partial charge in [0, 0.05) is 6.04 Å². The van der Waals surface area contributed by atoms with E-state index in [1.54, 1.807) is 25.7 Å². The van der Waals surface area contributed by atoms with Gasteiger partial charge in [-0.25, -0.2) is 0 Å². The lowest BCUT2D eigenvalue weighted by atomic mass is 9.72. The molecule has 3 rings (SSSR count). The van der Waals surface area contributed by atoms with Gasteiger partial charge in [-0.3, -0.25) is 0 Å². The summed E-state index contributed by atoms with van der Waals surface area (Å²) < 4.78 is 0. The molecule has 122 valence electrons. The van der Waals surface area contributed by atoms with E-state index in [0.717, 1.165) is 48.1 Å². The summed E-state index contributed by atoms with van der Waals surface area (Å²) in [6, 6.07) is 0.826. The van der Waals surface area contributed by atoms with Crippen molar-refractivity contribution < 1.29 is 0 Å².